The Labute approximate surface area is 70.2 Å². The number of hydrogen-bond acceptors (Lipinski definition) is 1. The Kier molecular flexibility index (Phi) is 5.53. The molecule has 0 rings (SSSR count). The Morgan fingerprint density at radius 3 is 2.56 bits per heavy atom. The summed E-state index contributed by atoms with van der Waals surface area (Å²) < 4.78 is 6.25. The summed E-state index contributed by atoms with van der Waals surface area (Å²) in [5, 5.41) is 0. The molecule has 0 aliphatic rings. The molecule has 0 aliphatic heterocycles. The van der Waals surface area contributed by atoms with Gasteiger partial charge in [0.25, 0.3) is 0 Å². The predicted molar refractivity (Wildman–Crippen MR) is 41.8 cm³/mol. The molecule has 0 aromatic carbocycles. The fraction of sp³-hybridized carbons (Fsp3) is 0.857. The Hall–Kier alpha value is 0.460. The van der Waals surface area contributed by atoms with Crippen LogP contribution in [-0.2, 0) is 4.74 Å². The molecule has 0 aliphatic carbocycles. The van der Waals surface area contributed by atoms with E-state index >= 15 is 0 Å². The first kappa shape index (κ1) is 9.46. The average Bonchev–Trinajstić information content (AvgIpc) is 1.87. The predicted octanol–water partition coefficient (Wildman–Crippen LogP) is 1.37. The molecule has 1 atom stereocenters. The van der Waals surface area contributed by atoms with Crippen LogP contribution >= 0.6 is 0 Å². The van der Waals surface area contributed by atoms with Crippen LogP contribution in [-0.4, -0.2) is 32.7 Å². The number of ether oxygens (including phenoxy) is 1. The number of methoxy groups -OCH3 is 1. The standard InChI is InChI=1S/C7H14OTe/c1-4-5-6(2)7(9)8-3/h6H,4-5H2,1-3H3. The molecule has 0 saturated heterocycles. The van der Waals surface area contributed by atoms with Crippen molar-refractivity contribution in [3.8, 4) is 0 Å². The summed E-state index contributed by atoms with van der Waals surface area (Å²) in [5.41, 5.74) is 0. The van der Waals surface area contributed by atoms with Gasteiger partial charge in [0.1, 0.15) is 0 Å². The molecule has 1 nitrogen and oxygen atoms in total. The van der Waals surface area contributed by atoms with Crippen LogP contribution in [0.2, 0.25) is 0 Å². The van der Waals surface area contributed by atoms with Gasteiger partial charge in [-0.05, 0) is 0 Å². The van der Waals surface area contributed by atoms with E-state index in [-0.39, 0.29) is 0 Å². The van der Waals surface area contributed by atoms with Gasteiger partial charge in [0.05, 0.1) is 0 Å². The van der Waals surface area contributed by atoms with Crippen LogP contribution in [0.15, 0.2) is 0 Å². The fourth-order valence-corrected chi connectivity index (χ4v) is 1.09. The third kappa shape index (κ3) is 3.94. The number of hydrogen-bond donors (Lipinski definition) is 0. The third-order valence-electron chi connectivity index (χ3n) is 1.33. The van der Waals surface area contributed by atoms with Gasteiger partial charge >= 0.3 is 70.0 Å². The zero-order chi connectivity index (χ0) is 7.28. The first-order valence-corrected chi connectivity index (χ1v) is 4.46. The van der Waals surface area contributed by atoms with Gasteiger partial charge in [0.15, 0.2) is 0 Å². The van der Waals surface area contributed by atoms with E-state index < -0.39 is 0 Å². The molecule has 0 spiro atoms. The molecule has 0 amide bonds. The van der Waals surface area contributed by atoms with E-state index in [0.29, 0.717) is 5.92 Å². The van der Waals surface area contributed by atoms with Gasteiger partial charge < -0.3 is 0 Å². The first-order valence-electron chi connectivity index (χ1n) is 3.30. The Balaban J connectivity index is 3.45. The van der Waals surface area contributed by atoms with Crippen molar-refractivity contribution in [1.29, 1.82) is 0 Å². The molecular weight excluding hydrogens is 228 g/mol. The maximum atomic E-state index is 5.09. The topological polar surface area (TPSA) is 9.23 Å². The summed E-state index contributed by atoms with van der Waals surface area (Å²) >= 11 is 1.97. The third-order valence-corrected chi connectivity index (χ3v) is 2.95. The van der Waals surface area contributed by atoms with Crippen molar-refractivity contribution in [1.82, 2.24) is 0 Å². The van der Waals surface area contributed by atoms with Crippen molar-refractivity contribution in [2.45, 2.75) is 26.7 Å². The molecule has 2 heteroatoms. The summed E-state index contributed by atoms with van der Waals surface area (Å²) in [6, 6.07) is 0. The molecule has 1 unspecified atom stereocenters. The zero-order valence-electron chi connectivity index (χ0n) is 6.31. The molecule has 0 aromatic heterocycles. The molecule has 0 bridgehead atoms. The second-order valence-electron chi connectivity index (χ2n) is 2.21. The molecule has 0 saturated carbocycles. The van der Waals surface area contributed by atoms with Crippen molar-refractivity contribution in [3.63, 3.8) is 0 Å². The molecule has 9 heavy (non-hydrogen) atoms. The summed E-state index contributed by atoms with van der Waals surface area (Å²) in [6.07, 6.45) is 2.48. The quantitative estimate of drug-likeness (QED) is 0.676. The Morgan fingerprint density at radius 2 is 2.22 bits per heavy atom. The molecule has 0 radical (unpaired) electrons. The van der Waals surface area contributed by atoms with Crippen molar-refractivity contribution >= 4 is 25.6 Å². The minimum atomic E-state index is 0.629. The molecule has 54 valence electrons. The first-order chi connectivity index (χ1) is 4.22. The minimum absolute atomic E-state index is 0.629. The van der Waals surface area contributed by atoms with Crippen LogP contribution in [0.5, 0.6) is 0 Å². The van der Waals surface area contributed by atoms with Crippen LogP contribution in [0.3, 0.4) is 0 Å². The maximum absolute atomic E-state index is 5.09. The zero-order valence-corrected chi connectivity index (χ0v) is 8.64. The van der Waals surface area contributed by atoms with E-state index in [4.69, 9.17) is 4.74 Å². The van der Waals surface area contributed by atoms with Gasteiger partial charge in [-0.1, -0.05) is 0 Å². The van der Waals surface area contributed by atoms with Crippen LogP contribution in [0.4, 0.5) is 0 Å². The van der Waals surface area contributed by atoms with E-state index in [1.165, 1.54) is 12.8 Å². The second-order valence-corrected chi connectivity index (χ2v) is 3.36. The normalized spacial score (nSPS) is 12.8. The monoisotopic (exact) mass is 244 g/mol. The second kappa shape index (κ2) is 5.26. The van der Waals surface area contributed by atoms with Gasteiger partial charge in [0, 0.05) is 0 Å². The van der Waals surface area contributed by atoms with E-state index in [1.807, 2.05) is 21.8 Å². The van der Waals surface area contributed by atoms with Crippen LogP contribution < -0.4 is 0 Å². The van der Waals surface area contributed by atoms with Gasteiger partial charge in [-0.2, -0.15) is 0 Å². The van der Waals surface area contributed by atoms with Crippen molar-refractivity contribution < 1.29 is 4.74 Å². The summed E-state index contributed by atoms with van der Waals surface area (Å²) in [7, 11) is 1.74. The Bertz CT molecular complexity index is 90.9. The van der Waals surface area contributed by atoms with E-state index in [0.717, 1.165) is 3.74 Å². The average molecular weight is 242 g/mol. The Morgan fingerprint density at radius 1 is 1.67 bits per heavy atom. The summed E-state index contributed by atoms with van der Waals surface area (Å²) in [6.45, 7) is 4.39. The molecule has 0 aromatic rings. The SMILES string of the molecule is CCCC(C)C(=[Te])OC. The van der Waals surface area contributed by atoms with Gasteiger partial charge in [-0.15, -0.1) is 0 Å². The molecule has 0 fully saturated rings. The summed E-state index contributed by atoms with van der Waals surface area (Å²) in [4.78, 5) is 0. The van der Waals surface area contributed by atoms with Crippen LogP contribution in [0.1, 0.15) is 26.7 Å². The van der Waals surface area contributed by atoms with Gasteiger partial charge in [0.2, 0.25) is 0 Å². The van der Waals surface area contributed by atoms with E-state index in [9.17, 15) is 0 Å². The number of rotatable bonds is 4. The van der Waals surface area contributed by atoms with E-state index in [2.05, 4.69) is 13.8 Å². The molecule has 0 N–H and O–H groups in total. The molecule has 0 heterocycles. The van der Waals surface area contributed by atoms with E-state index in [1.54, 1.807) is 7.11 Å². The van der Waals surface area contributed by atoms with Crippen LogP contribution in [0.25, 0.3) is 0 Å². The van der Waals surface area contributed by atoms with Gasteiger partial charge in [-0.3, -0.25) is 0 Å². The fourth-order valence-electron chi connectivity index (χ4n) is 0.752. The van der Waals surface area contributed by atoms with Gasteiger partial charge in [-0.25, -0.2) is 0 Å². The van der Waals surface area contributed by atoms with Crippen molar-refractivity contribution in [2.24, 2.45) is 5.92 Å². The molecular formula is C7H14OTe. The van der Waals surface area contributed by atoms with Crippen LogP contribution in [0, 0.1) is 5.92 Å². The van der Waals surface area contributed by atoms with Crippen molar-refractivity contribution in [3.05, 3.63) is 0 Å². The summed E-state index contributed by atoms with van der Waals surface area (Å²) in [5.74, 6) is 0.629. The van der Waals surface area contributed by atoms with Crippen molar-refractivity contribution in [2.75, 3.05) is 7.11 Å².